The zero-order chi connectivity index (χ0) is 14.2. The smallest absolute Gasteiger partial charge is 0.0949 e. The van der Waals surface area contributed by atoms with Gasteiger partial charge < -0.3 is 14.8 Å². The monoisotopic (exact) mass is 279 g/mol. The van der Waals surface area contributed by atoms with Crippen LogP contribution in [0.3, 0.4) is 0 Å². The first kappa shape index (κ1) is 15.5. The van der Waals surface area contributed by atoms with Crippen molar-refractivity contribution in [2.24, 2.45) is 0 Å². The first-order valence-corrected chi connectivity index (χ1v) is 7.90. The van der Waals surface area contributed by atoms with E-state index in [0.717, 1.165) is 32.6 Å². The van der Waals surface area contributed by atoms with Crippen molar-refractivity contribution in [3.63, 3.8) is 0 Å². The minimum atomic E-state index is 1.03. The van der Waals surface area contributed by atoms with Crippen LogP contribution >= 0.6 is 0 Å². The molecule has 1 aromatic heterocycles. The molecular weight excluding hydrogens is 250 g/mol. The fourth-order valence-corrected chi connectivity index (χ4v) is 2.50. The summed E-state index contributed by atoms with van der Waals surface area (Å²) < 4.78 is 2.23. The maximum atomic E-state index is 4.49. The van der Waals surface area contributed by atoms with Crippen molar-refractivity contribution in [1.29, 1.82) is 0 Å². The van der Waals surface area contributed by atoms with E-state index in [4.69, 9.17) is 0 Å². The minimum Gasteiger partial charge on any atom is -0.336 e. The van der Waals surface area contributed by atoms with Gasteiger partial charge in [-0.1, -0.05) is 6.92 Å². The number of aromatic nitrogens is 2. The van der Waals surface area contributed by atoms with Gasteiger partial charge in [-0.3, -0.25) is 4.90 Å². The molecule has 0 amide bonds. The van der Waals surface area contributed by atoms with E-state index in [2.05, 4.69) is 44.8 Å². The first-order valence-electron chi connectivity index (χ1n) is 7.90. The number of imidazole rings is 1. The summed E-state index contributed by atoms with van der Waals surface area (Å²) in [6.45, 7) is 11.3. The van der Waals surface area contributed by atoms with Crippen LogP contribution < -0.4 is 5.32 Å². The van der Waals surface area contributed by atoms with Gasteiger partial charge in [0.05, 0.1) is 12.0 Å². The Hall–Kier alpha value is -0.910. The average molecular weight is 279 g/mol. The lowest BCUT2D eigenvalue weighted by atomic mass is 10.3. The van der Waals surface area contributed by atoms with Crippen LogP contribution in [0.5, 0.6) is 0 Å². The van der Waals surface area contributed by atoms with E-state index in [1.165, 1.54) is 38.3 Å². The van der Waals surface area contributed by atoms with Gasteiger partial charge in [0.15, 0.2) is 0 Å². The summed E-state index contributed by atoms with van der Waals surface area (Å²) in [4.78, 5) is 9.43. The van der Waals surface area contributed by atoms with E-state index in [1.807, 2.05) is 6.33 Å². The molecule has 1 saturated heterocycles. The van der Waals surface area contributed by atoms with Crippen LogP contribution in [0.15, 0.2) is 12.5 Å². The molecule has 1 aromatic rings. The van der Waals surface area contributed by atoms with E-state index in [0.29, 0.717) is 0 Å². The molecule has 114 valence electrons. The number of likely N-dealkylation sites (N-methyl/N-ethyl adjacent to an activating group) is 1. The summed E-state index contributed by atoms with van der Waals surface area (Å²) >= 11 is 0. The predicted molar refractivity (Wildman–Crippen MR) is 83.0 cm³/mol. The standard InChI is InChI=1S/C15H29N5/c1-3-5-16-6-4-15-13-20(14-17-15)12-11-19-9-7-18(2)8-10-19/h13-14,16H,3-12H2,1-2H3. The van der Waals surface area contributed by atoms with Crippen molar-refractivity contribution in [1.82, 2.24) is 24.7 Å². The Bertz CT molecular complexity index is 368. The van der Waals surface area contributed by atoms with E-state index in [1.54, 1.807) is 0 Å². The molecule has 0 atom stereocenters. The van der Waals surface area contributed by atoms with Crippen LogP contribution in [-0.4, -0.2) is 72.2 Å². The van der Waals surface area contributed by atoms with Crippen LogP contribution in [0.2, 0.25) is 0 Å². The van der Waals surface area contributed by atoms with Crippen LogP contribution in [0, 0.1) is 0 Å². The third kappa shape index (κ3) is 5.23. The molecule has 1 aliphatic heterocycles. The lowest BCUT2D eigenvalue weighted by Crippen LogP contribution is -2.45. The van der Waals surface area contributed by atoms with Crippen LogP contribution in [0.4, 0.5) is 0 Å². The molecule has 1 fully saturated rings. The Balaban J connectivity index is 1.65. The van der Waals surface area contributed by atoms with Gasteiger partial charge in [-0.05, 0) is 20.0 Å². The Morgan fingerprint density at radius 1 is 1.15 bits per heavy atom. The van der Waals surface area contributed by atoms with Gasteiger partial charge in [-0.2, -0.15) is 0 Å². The molecule has 0 aromatic carbocycles. The normalized spacial score (nSPS) is 17.7. The molecule has 5 heteroatoms. The molecule has 0 aliphatic carbocycles. The molecule has 0 saturated carbocycles. The van der Waals surface area contributed by atoms with Crippen molar-refractivity contribution >= 4 is 0 Å². The highest BCUT2D eigenvalue weighted by Gasteiger charge is 2.13. The summed E-state index contributed by atoms with van der Waals surface area (Å²) in [6.07, 6.45) is 6.40. The summed E-state index contributed by atoms with van der Waals surface area (Å²) in [5.74, 6) is 0. The van der Waals surface area contributed by atoms with E-state index in [9.17, 15) is 0 Å². The van der Waals surface area contributed by atoms with E-state index < -0.39 is 0 Å². The Morgan fingerprint density at radius 3 is 2.70 bits per heavy atom. The number of piperazine rings is 1. The number of hydrogen-bond acceptors (Lipinski definition) is 4. The Morgan fingerprint density at radius 2 is 1.95 bits per heavy atom. The molecule has 0 unspecified atom stereocenters. The lowest BCUT2D eigenvalue weighted by molar-refractivity contribution is 0.150. The number of hydrogen-bond donors (Lipinski definition) is 1. The molecule has 1 aliphatic rings. The van der Waals surface area contributed by atoms with Gasteiger partial charge in [-0.25, -0.2) is 4.98 Å². The SMILES string of the molecule is CCCNCCc1cn(CCN2CCN(C)CC2)cn1. The second kappa shape index (κ2) is 8.39. The van der Waals surface area contributed by atoms with Gasteiger partial charge in [0.2, 0.25) is 0 Å². The van der Waals surface area contributed by atoms with Crippen LogP contribution in [0.1, 0.15) is 19.0 Å². The quantitative estimate of drug-likeness (QED) is 0.710. The Labute approximate surface area is 123 Å². The maximum Gasteiger partial charge on any atom is 0.0949 e. The second-order valence-electron chi connectivity index (χ2n) is 5.75. The van der Waals surface area contributed by atoms with Crippen molar-refractivity contribution < 1.29 is 0 Å². The zero-order valence-corrected chi connectivity index (χ0v) is 13.0. The largest absolute Gasteiger partial charge is 0.336 e. The molecule has 1 N–H and O–H groups in total. The second-order valence-corrected chi connectivity index (χ2v) is 5.75. The molecule has 0 spiro atoms. The van der Waals surface area contributed by atoms with Crippen molar-refractivity contribution in [3.8, 4) is 0 Å². The lowest BCUT2D eigenvalue weighted by Gasteiger charge is -2.32. The maximum absolute atomic E-state index is 4.49. The molecule has 2 rings (SSSR count). The number of nitrogens with zero attached hydrogens (tertiary/aromatic N) is 4. The van der Waals surface area contributed by atoms with Crippen molar-refractivity contribution in [3.05, 3.63) is 18.2 Å². The fourth-order valence-electron chi connectivity index (χ4n) is 2.50. The highest BCUT2D eigenvalue weighted by Crippen LogP contribution is 2.01. The summed E-state index contributed by atoms with van der Waals surface area (Å²) in [5, 5.41) is 3.42. The van der Waals surface area contributed by atoms with Gasteiger partial charge >= 0.3 is 0 Å². The van der Waals surface area contributed by atoms with Gasteiger partial charge in [0.25, 0.3) is 0 Å². The third-order valence-electron chi connectivity index (χ3n) is 3.94. The molecule has 5 nitrogen and oxygen atoms in total. The van der Waals surface area contributed by atoms with Crippen molar-refractivity contribution in [2.75, 3.05) is 52.9 Å². The molecular formula is C15H29N5. The topological polar surface area (TPSA) is 36.3 Å². The summed E-state index contributed by atoms with van der Waals surface area (Å²) in [7, 11) is 2.20. The van der Waals surface area contributed by atoms with Gasteiger partial charge in [0, 0.05) is 58.4 Å². The van der Waals surface area contributed by atoms with Crippen LogP contribution in [-0.2, 0) is 13.0 Å². The highest BCUT2D eigenvalue weighted by atomic mass is 15.3. The minimum absolute atomic E-state index is 1.03. The molecule has 0 radical (unpaired) electrons. The van der Waals surface area contributed by atoms with Gasteiger partial charge in [0.1, 0.15) is 0 Å². The summed E-state index contributed by atoms with van der Waals surface area (Å²) in [5.41, 5.74) is 1.20. The Kier molecular flexibility index (Phi) is 6.50. The fraction of sp³-hybridized carbons (Fsp3) is 0.800. The molecule has 20 heavy (non-hydrogen) atoms. The highest BCUT2D eigenvalue weighted by molar-refractivity contribution is 4.97. The zero-order valence-electron chi connectivity index (χ0n) is 13.0. The van der Waals surface area contributed by atoms with Crippen LogP contribution in [0.25, 0.3) is 0 Å². The van der Waals surface area contributed by atoms with Crippen molar-refractivity contribution in [2.45, 2.75) is 26.3 Å². The van der Waals surface area contributed by atoms with Gasteiger partial charge in [-0.15, -0.1) is 0 Å². The molecule has 0 bridgehead atoms. The first-order chi connectivity index (χ1) is 9.78. The third-order valence-corrected chi connectivity index (χ3v) is 3.94. The number of rotatable bonds is 8. The molecule has 2 heterocycles. The summed E-state index contributed by atoms with van der Waals surface area (Å²) in [6, 6.07) is 0. The van der Waals surface area contributed by atoms with E-state index >= 15 is 0 Å². The van der Waals surface area contributed by atoms with E-state index in [-0.39, 0.29) is 0 Å². The average Bonchev–Trinajstić information content (AvgIpc) is 2.91. The predicted octanol–water partition coefficient (Wildman–Crippen LogP) is 0.673. The number of nitrogens with one attached hydrogen (secondary N) is 1.